The zero-order chi connectivity index (χ0) is 24.6. The molecule has 2 heterocycles. The molecule has 6 nitrogen and oxygen atoms in total. The molecule has 1 aliphatic rings. The summed E-state index contributed by atoms with van der Waals surface area (Å²) < 4.78 is 5.08. The maximum atomic E-state index is 13.1. The average Bonchev–Trinajstić information content (AvgIpc) is 3.39. The molecule has 1 saturated heterocycles. The number of nitrogens with one attached hydrogen (secondary N) is 2. The van der Waals surface area contributed by atoms with Gasteiger partial charge in [0.05, 0.1) is 5.01 Å². The second-order valence-electron chi connectivity index (χ2n) is 8.78. The van der Waals surface area contributed by atoms with E-state index in [9.17, 15) is 4.79 Å². The van der Waals surface area contributed by atoms with Crippen LogP contribution in [0.1, 0.15) is 46.2 Å². The van der Waals surface area contributed by atoms with Gasteiger partial charge in [-0.25, -0.2) is 4.98 Å². The number of benzene rings is 2. The first-order valence-corrected chi connectivity index (χ1v) is 13.3. The van der Waals surface area contributed by atoms with Crippen LogP contribution in [0.15, 0.2) is 53.9 Å². The molecule has 35 heavy (non-hydrogen) atoms. The first kappa shape index (κ1) is 25.3. The van der Waals surface area contributed by atoms with E-state index in [2.05, 4.69) is 40.7 Å². The van der Waals surface area contributed by atoms with Gasteiger partial charge in [0, 0.05) is 55.9 Å². The third-order valence-corrected chi connectivity index (χ3v) is 7.61. The molecule has 3 aromatic rings. The van der Waals surface area contributed by atoms with Crippen molar-refractivity contribution in [1.82, 2.24) is 15.2 Å². The van der Waals surface area contributed by atoms with Crippen LogP contribution in [0.5, 0.6) is 0 Å². The number of carbonyl (C=O) groups excluding carboxylic acids is 1. The molecule has 0 aliphatic carbocycles. The topological polar surface area (TPSA) is 66.5 Å². The zero-order valence-corrected chi connectivity index (χ0v) is 21.9. The van der Waals surface area contributed by atoms with E-state index < -0.39 is 0 Å². The standard InChI is InChI=1S/C27H32N4O2S2/c1-19-9-10-23(22(17-19)20-7-4-3-5-8-20)29-25(32)24-18-35-26(30-24)21-11-14-31(15-12-21)27(34)28-13-6-16-33-2/h3-5,7-10,17-18,21H,6,11-16H2,1-2H3,(H,28,34)(H,29,32). The molecule has 0 atom stereocenters. The van der Waals surface area contributed by atoms with Crippen molar-refractivity contribution in [1.29, 1.82) is 0 Å². The number of hydrogen-bond donors (Lipinski definition) is 2. The van der Waals surface area contributed by atoms with Crippen LogP contribution in [-0.2, 0) is 4.74 Å². The number of aromatic nitrogens is 1. The van der Waals surface area contributed by atoms with Crippen molar-refractivity contribution in [2.45, 2.75) is 32.1 Å². The van der Waals surface area contributed by atoms with Gasteiger partial charge >= 0.3 is 0 Å². The van der Waals surface area contributed by atoms with Gasteiger partial charge < -0.3 is 20.3 Å². The molecule has 1 aliphatic heterocycles. The van der Waals surface area contributed by atoms with Crippen molar-refractivity contribution >= 4 is 40.3 Å². The van der Waals surface area contributed by atoms with Gasteiger partial charge in [-0.3, -0.25) is 4.79 Å². The summed E-state index contributed by atoms with van der Waals surface area (Å²) in [4.78, 5) is 20.0. The second kappa shape index (κ2) is 12.2. The number of thiazole rings is 1. The number of thiocarbonyl (C=S) groups is 1. The Balaban J connectivity index is 1.35. The van der Waals surface area contributed by atoms with Gasteiger partial charge in [-0.15, -0.1) is 11.3 Å². The van der Waals surface area contributed by atoms with Gasteiger partial charge in [0.25, 0.3) is 5.91 Å². The third kappa shape index (κ3) is 6.66. The molecule has 4 rings (SSSR count). The molecular weight excluding hydrogens is 476 g/mol. The predicted molar refractivity (Wildman–Crippen MR) is 147 cm³/mol. The fraction of sp³-hybridized carbons (Fsp3) is 0.370. The highest BCUT2D eigenvalue weighted by Gasteiger charge is 2.25. The van der Waals surface area contributed by atoms with Crippen molar-refractivity contribution in [3.05, 3.63) is 70.2 Å². The lowest BCUT2D eigenvalue weighted by atomic mass is 9.98. The summed E-state index contributed by atoms with van der Waals surface area (Å²) in [6, 6.07) is 16.2. The summed E-state index contributed by atoms with van der Waals surface area (Å²) in [7, 11) is 1.71. The maximum Gasteiger partial charge on any atom is 0.275 e. The predicted octanol–water partition coefficient (Wildman–Crippen LogP) is 5.46. The Morgan fingerprint density at radius 1 is 1.20 bits per heavy atom. The number of carbonyl (C=O) groups is 1. The molecule has 1 fully saturated rings. The van der Waals surface area contributed by atoms with Crippen LogP contribution in [0.3, 0.4) is 0 Å². The fourth-order valence-corrected chi connectivity index (χ4v) is 5.50. The summed E-state index contributed by atoms with van der Waals surface area (Å²) in [5.74, 6) is 0.181. The van der Waals surface area contributed by atoms with Gasteiger partial charge in [-0.1, -0.05) is 42.0 Å². The van der Waals surface area contributed by atoms with E-state index in [4.69, 9.17) is 21.9 Å². The summed E-state index contributed by atoms with van der Waals surface area (Å²) in [5, 5.41) is 10.1. The molecule has 8 heteroatoms. The number of aryl methyl sites for hydroxylation is 1. The Labute approximate surface area is 216 Å². The highest BCUT2D eigenvalue weighted by atomic mass is 32.1. The number of likely N-dealkylation sites (tertiary alicyclic amines) is 1. The molecule has 1 aromatic heterocycles. The monoisotopic (exact) mass is 508 g/mol. The second-order valence-corrected chi connectivity index (χ2v) is 10.1. The van der Waals surface area contributed by atoms with Crippen LogP contribution in [0.2, 0.25) is 0 Å². The van der Waals surface area contributed by atoms with Crippen LogP contribution in [0.4, 0.5) is 5.69 Å². The van der Waals surface area contributed by atoms with Crippen molar-refractivity contribution in [3.63, 3.8) is 0 Å². The molecule has 0 spiro atoms. The summed E-state index contributed by atoms with van der Waals surface area (Å²) in [6.07, 6.45) is 2.89. The van der Waals surface area contributed by atoms with Crippen molar-refractivity contribution < 1.29 is 9.53 Å². The number of rotatable bonds is 8. The van der Waals surface area contributed by atoms with Crippen LogP contribution in [-0.4, -0.2) is 54.3 Å². The van der Waals surface area contributed by atoms with E-state index in [1.165, 1.54) is 0 Å². The maximum absolute atomic E-state index is 13.1. The van der Waals surface area contributed by atoms with Gasteiger partial charge in [0.2, 0.25) is 0 Å². The quantitative estimate of drug-likeness (QED) is 0.311. The first-order valence-electron chi connectivity index (χ1n) is 12.0. The minimum atomic E-state index is -0.174. The lowest BCUT2D eigenvalue weighted by Crippen LogP contribution is -2.44. The van der Waals surface area contributed by atoms with E-state index >= 15 is 0 Å². The lowest BCUT2D eigenvalue weighted by molar-refractivity contribution is 0.102. The summed E-state index contributed by atoms with van der Waals surface area (Å²) in [6.45, 7) is 5.40. The lowest BCUT2D eigenvalue weighted by Gasteiger charge is -2.33. The number of ether oxygens (including phenoxy) is 1. The van der Waals surface area contributed by atoms with E-state index in [1.807, 2.05) is 35.7 Å². The van der Waals surface area contributed by atoms with Crippen molar-refractivity contribution in [2.75, 3.05) is 38.7 Å². The minimum absolute atomic E-state index is 0.174. The SMILES string of the molecule is COCCCNC(=S)N1CCC(c2nc(C(=O)Nc3ccc(C)cc3-c3ccccc3)cs2)CC1. The molecule has 0 unspecified atom stereocenters. The fourth-order valence-electron chi connectivity index (χ4n) is 4.24. The normalized spacial score (nSPS) is 14.1. The van der Waals surface area contributed by atoms with Gasteiger partial charge in [-0.2, -0.15) is 0 Å². The van der Waals surface area contributed by atoms with E-state index in [0.29, 0.717) is 11.6 Å². The zero-order valence-electron chi connectivity index (χ0n) is 20.3. The van der Waals surface area contributed by atoms with Crippen molar-refractivity contribution in [2.24, 2.45) is 0 Å². The highest BCUT2D eigenvalue weighted by Crippen LogP contribution is 2.32. The van der Waals surface area contributed by atoms with E-state index in [0.717, 1.165) is 78.0 Å². The smallest absolute Gasteiger partial charge is 0.275 e. The van der Waals surface area contributed by atoms with E-state index in [1.54, 1.807) is 18.4 Å². The largest absolute Gasteiger partial charge is 0.385 e. The van der Waals surface area contributed by atoms with Gasteiger partial charge in [-0.05, 0) is 56.1 Å². The molecule has 2 N–H and O–H groups in total. The van der Waals surface area contributed by atoms with Crippen LogP contribution < -0.4 is 10.6 Å². The molecule has 2 aromatic carbocycles. The Hall–Kier alpha value is -2.81. The number of hydrogen-bond acceptors (Lipinski definition) is 5. The van der Waals surface area contributed by atoms with Crippen LogP contribution in [0.25, 0.3) is 11.1 Å². The highest BCUT2D eigenvalue weighted by molar-refractivity contribution is 7.80. The number of methoxy groups -OCH3 is 1. The Morgan fingerprint density at radius 3 is 2.71 bits per heavy atom. The molecule has 0 bridgehead atoms. The van der Waals surface area contributed by atoms with Crippen LogP contribution >= 0.6 is 23.6 Å². The first-order chi connectivity index (χ1) is 17.0. The van der Waals surface area contributed by atoms with E-state index in [-0.39, 0.29) is 5.91 Å². The average molecular weight is 509 g/mol. The summed E-state index contributed by atoms with van der Waals surface area (Å²) >= 11 is 7.12. The minimum Gasteiger partial charge on any atom is -0.385 e. The Bertz CT molecular complexity index is 1140. The number of anilines is 1. The Morgan fingerprint density at radius 2 is 1.97 bits per heavy atom. The molecule has 184 valence electrons. The third-order valence-electron chi connectivity index (χ3n) is 6.20. The van der Waals surface area contributed by atoms with Gasteiger partial charge in [0.1, 0.15) is 5.69 Å². The molecule has 0 radical (unpaired) electrons. The molecule has 1 amide bonds. The summed E-state index contributed by atoms with van der Waals surface area (Å²) in [5.41, 5.74) is 4.49. The molecular formula is C27H32N4O2S2. The number of nitrogens with zero attached hydrogens (tertiary/aromatic N) is 2. The number of piperidine rings is 1. The van der Waals surface area contributed by atoms with Crippen molar-refractivity contribution in [3.8, 4) is 11.1 Å². The number of amides is 1. The Kier molecular flexibility index (Phi) is 8.84. The van der Waals surface area contributed by atoms with Crippen LogP contribution in [0, 0.1) is 6.92 Å². The molecule has 0 saturated carbocycles. The van der Waals surface area contributed by atoms with Gasteiger partial charge in [0.15, 0.2) is 5.11 Å².